The van der Waals surface area contributed by atoms with Crippen molar-refractivity contribution in [3.63, 3.8) is 0 Å². The number of aryl methyl sites for hydroxylation is 1. The van der Waals surface area contributed by atoms with Crippen LogP contribution in [0.3, 0.4) is 0 Å². The molecule has 0 atom stereocenters. The molecule has 0 saturated carbocycles. The molecule has 0 unspecified atom stereocenters. The van der Waals surface area contributed by atoms with Crippen molar-refractivity contribution >= 4 is 5.69 Å². The average molecular weight is 201 g/mol. The van der Waals surface area contributed by atoms with Crippen LogP contribution in [0.25, 0.3) is 11.1 Å². The second kappa shape index (κ2) is 3.57. The van der Waals surface area contributed by atoms with Crippen molar-refractivity contribution in [3.05, 3.63) is 46.4 Å². The number of hydrogen-bond donors (Lipinski definition) is 2. The van der Waals surface area contributed by atoms with Crippen molar-refractivity contribution in [1.29, 1.82) is 0 Å². The third kappa shape index (κ3) is 1.88. The van der Waals surface area contributed by atoms with Gasteiger partial charge in [-0.25, -0.2) is 5.10 Å². The fraction of sp³-hybridized carbons (Fsp3) is 0.0909. The first kappa shape index (κ1) is 9.45. The van der Waals surface area contributed by atoms with Crippen LogP contribution in [0, 0.1) is 6.92 Å². The van der Waals surface area contributed by atoms with E-state index in [1.807, 2.05) is 25.1 Å². The maximum atomic E-state index is 11.2. The molecule has 76 valence electrons. The predicted octanol–water partition coefficient (Wildman–Crippen LogP) is 1.33. The number of nitrogens with two attached hydrogens (primary N) is 1. The molecule has 15 heavy (non-hydrogen) atoms. The highest BCUT2D eigenvalue weighted by atomic mass is 16.1. The monoisotopic (exact) mass is 201 g/mol. The third-order valence-electron chi connectivity index (χ3n) is 2.20. The zero-order valence-corrected chi connectivity index (χ0v) is 8.32. The number of benzene rings is 1. The smallest absolute Gasteiger partial charge is 0.264 e. The van der Waals surface area contributed by atoms with E-state index in [1.165, 1.54) is 6.07 Å². The Labute approximate surface area is 86.8 Å². The van der Waals surface area contributed by atoms with Crippen LogP contribution >= 0.6 is 0 Å². The summed E-state index contributed by atoms with van der Waals surface area (Å²) in [5, 5.41) is 6.29. The fourth-order valence-corrected chi connectivity index (χ4v) is 1.47. The number of hydrogen-bond acceptors (Lipinski definition) is 3. The van der Waals surface area contributed by atoms with Crippen molar-refractivity contribution in [2.45, 2.75) is 6.92 Å². The van der Waals surface area contributed by atoms with E-state index in [9.17, 15) is 4.79 Å². The van der Waals surface area contributed by atoms with Gasteiger partial charge in [-0.3, -0.25) is 4.79 Å². The normalized spacial score (nSPS) is 10.2. The van der Waals surface area contributed by atoms with Crippen LogP contribution in [0.2, 0.25) is 0 Å². The van der Waals surface area contributed by atoms with E-state index in [-0.39, 0.29) is 5.56 Å². The molecule has 0 saturated heterocycles. The Morgan fingerprint density at radius 3 is 2.87 bits per heavy atom. The summed E-state index contributed by atoms with van der Waals surface area (Å²) in [6.07, 6.45) is 0. The molecule has 4 nitrogen and oxygen atoms in total. The molecule has 2 rings (SSSR count). The Balaban J connectivity index is 2.63. The van der Waals surface area contributed by atoms with Gasteiger partial charge in [-0.2, -0.15) is 5.10 Å². The van der Waals surface area contributed by atoms with Gasteiger partial charge in [0.1, 0.15) is 0 Å². The number of anilines is 1. The summed E-state index contributed by atoms with van der Waals surface area (Å²) in [6, 6.07) is 8.91. The highest BCUT2D eigenvalue weighted by Gasteiger charge is 2.03. The van der Waals surface area contributed by atoms with Gasteiger partial charge < -0.3 is 5.73 Å². The predicted molar refractivity (Wildman–Crippen MR) is 59.4 cm³/mol. The highest BCUT2D eigenvalue weighted by molar-refractivity contribution is 5.68. The summed E-state index contributed by atoms with van der Waals surface area (Å²) >= 11 is 0. The Bertz CT molecular complexity index is 546. The molecule has 0 amide bonds. The first-order valence-electron chi connectivity index (χ1n) is 4.59. The van der Waals surface area contributed by atoms with Gasteiger partial charge in [0.05, 0.1) is 5.69 Å². The summed E-state index contributed by atoms with van der Waals surface area (Å²) in [4.78, 5) is 11.2. The highest BCUT2D eigenvalue weighted by Crippen LogP contribution is 2.21. The Kier molecular flexibility index (Phi) is 2.25. The first-order chi connectivity index (χ1) is 7.16. The molecule has 1 aromatic carbocycles. The average Bonchev–Trinajstić information content (AvgIpc) is 2.22. The minimum Gasteiger partial charge on any atom is -0.399 e. The van der Waals surface area contributed by atoms with Gasteiger partial charge in [-0.1, -0.05) is 12.1 Å². The van der Waals surface area contributed by atoms with E-state index >= 15 is 0 Å². The van der Waals surface area contributed by atoms with Crippen LogP contribution in [-0.2, 0) is 0 Å². The Morgan fingerprint density at radius 1 is 1.33 bits per heavy atom. The van der Waals surface area contributed by atoms with Gasteiger partial charge >= 0.3 is 0 Å². The maximum absolute atomic E-state index is 11.2. The van der Waals surface area contributed by atoms with Crippen LogP contribution in [0.1, 0.15) is 5.69 Å². The molecule has 0 spiro atoms. The Hall–Kier alpha value is -2.10. The standard InChI is InChI=1S/C11H11N3O/c1-7-10(6-11(15)14-13-7)8-3-2-4-9(12)5-8/h2-6H,12H2,1H3,(H,14,15). The molecule has 0 aliphatic carbocycles. The lowest BCUT2D eigenvalue weighted by atomic mass is 10.1. The second-order valence-corrected chi connectivity index (χ2v) is 3.36. The third-order valence-corrected chi connectivity index (χ3v) is 2.20. The van der Waals surface area contributed by atoms with E-state index in [2.05, 4.69) is 10.2 Å². The molecule has 0 bridgehead atoms. The molecule has 1 aromatic heterocycles. The SMILES string of the molecule is Cc1n[nH]c(=O)cc1-c1cccc(N)c1. The molecule has 0 radical (unpaired) electrons. The van der Waals surface area contributed by atoms with E-state index in [0.717, 1.165) is 16.8 Å². The maximum Gasteiger partial charge on any atom is 0.264 e. The van der Waals surface area contributed by atoms with Gasteiger partial charge in [0.15, 0.2) is 0 Å². The van der Waals surface area contributed by atoms with Gasteiger partial charge in [-0.15, -0.1) is 0 Å². The van der Waals surface area contributed by atoms with Crippen LogP contribution in [0.5, 0.6) is 0 Å². The molecular formula is C11H11N3O. The fourth-order valence-electron chi connectivity index (χ4n) is 1.47. The quantitative estimate of drug-likeness (QED) is 0.683. The molecule has 0 fully saturated rings. The molecule has 2 aromatic rings. The van der Waals surface area contributed by atoms with Gasteiger partial charge in [0.2, 0.25) is 0 Å². The van der Waals surface area contributed by atoms with E-state index in [4.69, 9.17) is 5.73 Å². The van der Waals surface area contributed by atoms with Crippen molar-refractivity contribution in [2.75, 3.05) is 5.73 Å². The summed E-state index contributed by atoms with van der Waals surface area (Å²) in [6.45, 7) is 1.84. The van der Waals surface area contributed by atoms with Crippen LogP contribution in [-0.4, -0.2) is 10.2 Å². The van der Waals surface area contributed by atoms with Crippen molar-refractivity contribution < 1.29 is 0 Å². The zero-order chi connectivity index (χ0) is 10.8. The number of nitrogens with zero attached hydrogens (tertiary/aromatic N) is 1. The van der Waals surface area contributed by atoms with Crippen LogP contribution in [0.15, 0.2) is 35.1 Å². The zero-order valence-electron chi connectivity index (χ0n) is 8.32. The minimum absolute atomic E-state index is 0.210. The van der Waals surface area contributed by atoms with Crippen LogP contribution < -0.4 is 11.3 Å². The summed E-state index contributed by atoms with van der Waals surface area (Å²) in [7, 11) is 0. The molecular weight excluding hydrogens is 190 g/mol. The van der Waals surface area contributed by atoms with Gasteiger partial charge in [-0.05, 0) is 24.6 Å². The molecule has 3 N–H and O–H groups in total. The number of nitrogens with one attached hydrogen (secondary N) is 1. The topological polar surface area (TPSA) is 71.8 Å². The van der Waals surface area contributed by atoms with E-state index in [0.29, 0.717) is 5.69 Å². The number of aromatic amines is 1. The lowest BCUT2D eigenvalue weighted by Crippen LogP contribution is -2.08. The van der Waals surface area contributed by atoms with E-state index < -0.39 is 0 Å². The molecule has 1 heterocycles. The minimum atomic E-state index is -0.210. The molecule has 0 aliphatic heterocycles. The molecule has 4 heteroatoms. The van der Waals surface area contributed by atoms with Crippen molar-refractivity contribution in [3.8, 4) is 11.1 Å². The summed E-state index contributed by atoms with van der Waals surface area (Å²) in [5.41, 5.74) is 8.64. The summed E-state index contributed by atoms with van der Waals surface area (Å²) in [5.74, 6) is 0. The Morgan fingerprint density at radius 2 is 2.13 bits per heavy atom. The lowest BCUT2D eigenvalue weighted by molar-refractivity contribution is 0.949. The first-order valence-corrected chi connectivity index (χ1v) is 4.59. The number of H-pyrrole nitrogens is 1. The van der Waals surface area contributed by atoms with Crippen LogP contribution in [0.4, 0.5) is 5.69 Å². The van der Waals surface area contributed by atoms with E-state index in [1.54, 1.807) is 6.07 Å². The van der Waals surface area contributed by atoms with Crippen molar-refractivity contribution in [2.24, 2.45) is 0 Å². The molecule has 0 aliphatic rings. The summed E-state index contributed by atoms with van der Waals surface area (Å²) < 4.78 is 0. The number of aromatic nitrogens is 2. The van der Waals surface area contributed by atoms with Gasteiger partial charge in [0.25, 0.3) is 5.56 Å². The van der Waals surface area contributed by atoms with Crippen molar-refractivity contribution in [1.82, 2.24) is 10.2 Å². The lowest BCUT2D eigenvalue weighted by Gasteiger charge is -2.04. The number of rotatable bonds is 1. The van der Waals surface area contributed by atoms with Gasteiger partial charge in [0, 0.05) is 17.3 Å². The number of nitrogen functional groups attached to an aromatic ring is 1. The second-order valence-electron chi connectivity index (χ2n) is 3.36. The largest absolute Gasteiger partial charge is 0.399 e.